The number of aliphatic hydroxyl groups excluding tert-OH is 1. The zero-order chi connectivity index (χ0) is 15.3. The fraction of sp³-hybridized carbons (Fsp3) is 0.538. The molecule has 112 valence electrons. The number of anilines is 2. The number of nitrogens with two attached hydrogens (primary N) is 1. The number of hydrogen-bond acceptors (Lipinski definition) is 5. The van der Waals surface area contributed by atoms with Gasteiger partial charge < -0.3 is 15.7 Å². The Labute approximate surface area is 117 Å². The molecule has 1 aromatic heterocycles. The highest BCUT2D eigenvalue weighted by molar-refractivity contribution is 5.61. The first-order chi connectivity index (χ1) is 9.42. The molecule has 20 heavy (non-hydrogen) atoms. The van der Waals surface area contributed by atoms with Gasteiger partial charge in [-0.1, -0.05) is 6.08 Å². The third-order valence-corrected chi connectivity index (χ3v) is 3.10. The van der Waals surface area contributed by atoms with Crippen molar-refractivity contribution in [1.29, 1.82) is 0 Å². The van der Waals surface area contributed by atoms with Gasteiger partial charge in [-0.2, -0.15) is 0 Å². The highest BCUT2D eigenvalue weighted by atomic mass is 16.3. The number of H-pyrrole nitrogens is 1. The monoisotopic (exact) mass is 282 g/mol. The first kappa shape index (κ1) is 16.0. The van der Waals surface area contributed by atoms with Crippen LogP contribution in [-0.4, -0.2) is 34.4 Å². The lowest BCUT2D eigenvalue weighted by Crippen LogP contribution is -2.39. The summed E-state index contributed by atoms with van der Waals surface area (Å²) in [5.41, 5.74) is 5.00. The van der Waals surface area contributed by atoms with Crippen LogP contribution in [0, 0.1) is 0 Å². The molecule has 7 heteroatoms. The Morgan fingerprint density at radius 2 is 2.20 bits per heavy atom. The van der Waals surface area contributed by atoms with Crippen molar-refractivity contribution in [2.24, 2.45) is 0 Å². The smallest absolute Gasteiger partial charge is 0.330 e. The summed E-state index contributed by atoms with van der Waals surface area (Å²) in [4.78, 5) is 27.2. The van der Waals surface area contributed by atoms with Gasteiger partial charge in [-0.25, -0.2) is 4.79 Å². The predicted molar refractivity (Wildman–Crippen MR) is 80.1 cm³/mol. The number of likely N-dealkylation sites (N-methyl/N-ethyl adjacent to an activating group) is 1. The molecular weight excluding hydrogens is 260 g/mol. The van der Waals surface area contributed by atoms with Crippen LogP contribution in [0.5, 0.6) is 0 Å². The first-order valence-electron chi connectivity index (χ1n) is 6.55. The molecule has 1 atom stereocenters. The van der Waals surface area contributed by atoms with Crippen molar-refractivity contribution in [2.45, 2.75) is 32.4 Å². The van der Waals surface area contributed by atoms with E-state index in [0.717, 1.165) is 0 Å². The highest BCUT2D eigenvalue weighted by Crippen LogP contribution is 2.15. The van der Waals surface area contributed by atoms with E-state index in [1.807, 2.05) is 0 Å². The Morgan fingerprint density at radius 1 is 1.55 bits per heavy atom. The zero-order valence-electron chi connectivity index (χ0n) is 11.9. The average molecular weight is 282 g/mol. The van der Waals surface area contributed by atoms with E-state index in [1.54, 1.807) is 24.9 Å². The summed E-state index contributed by atoms with van der Waals surface area (Å²) in [5, 5.41) is 9.86. The number of rotatable bonds is 7. The fourth-order valence-corrected chi connectivity index (χ4v) is 2.07. The van der Waals surface area contributed by atoms with Crippen LogP contribution >= 0.6 is 0 Å². The van der Waals surface area contributed by atoms with Crippen LogP contribution in [0.3, 0.4) is 0 Å². The summed E-state index contributed by atoms with van der Waals surface area (Å²) < 4.78 is 1.28. The number of allylic oxidation sites excluding steroid dienone is 1. The summed E-state index contributed by atoms with van der Waals surface area (Å²) in [5.74, 6) is 0.111. The summed E-state index contributed by atoms with van der Waals surface area (Å²) >= 11 is 0. The first-order valence-corrected chi connectivity index (χ1v) is 6.55. The molecule has 4 N–H and O–H groups in total. The number of aromatic nitrogens is 2. The second-order valence-corrected chi connectivity index (χ2v) is 4.64. The Morgan fingerprint density at radius 3 is 2.75 bits per heavy atom. The van der Waals surface area contributed by atoms with E-state index in [9.17, 15) is 14.7 Å². The van der Waals surface area contributed by atoms with Crippen LogP contribution in [0.25, 0.3) is 0 Å². The topological polar surface area (TPSA) is 104 Å². The molecule has 0 amide bonds. The lowest BCUT2D eigenvalue weighted by Gasteiger charge is -2.23. The molecule has 1 rings (SSSR count). The van der Waals surface area contributed by atoms with Crippen molar-refractivity contribution in [1.82, 2.24) is 9.55 Å². The quantitative estimate of drug-likeness (QED) is 0.606. The minimum atomic E-state index is -0.598. The Hall–Kier alpha value is -2.02. The Kier molecular flexibility index (Phi) is 5.57. The highest BCUT2D eigenvalue weighted by Gasteiger charge is 2.17. The number of aromatic amines is 1. The summed E-state index contributed by atoms with van der Waals surface area (Å²) in [6, 6.07) is 0. The fourth-order valence-electron chi connectivity index (χ4n) is 2.07. The van der Waals surface area contributed by atoms with Gasteiger partial charge in [0.05, 0.1) is 6.10 Å². The largest absolute Gasteiger partial charge is 0.391 e. The lowest BCUT2D eigenvalue weighted by molar-refractivity contribution is 0.172. The minimum absolute atomic E-state index is 0.111. The maximum absolute atomic E-state index is 11.9. The van der Waals surface area contributed by atoms with Gasteiger partial charge in [-0.15, -0.1) is 6.58 Å². The van der Waals surface area contributed by atoms with Crippen LogP contribution in [0.2, 0.25) is 0 Å². The number of aliphatic hydroxyl groups is 1. The van der Waals surface area contributed by atoms with Crippen LogP contribution in [0.4, 0.5) is 11.5 Å². The summed E-state index contributed by atoms with van der Waals surface area (Å²) in [6.07, 6.45) is 2.37. The molecule has 0 aliphatic rings. The molecule has 0 spiro atoms. The third-order valence-electron chi connectivity index (χ3n) is 3.10. The van der Waals surface area contributed by atoms with E-state index in [0.29, 0.717) is 19.4 Å². The molecule has 1 unspecified atom stereocenters. The van der Waals surface area contributed by atoms with Crippen molar-refractivity contribution < 1.29 is 5.11 Å². The van der Waals surface area contributed by atoms with Gasteiger partial charge in [0.2, 0.25) is 0 Å². The van der Waals surface area contributed by atoms with E-state index in [1.165, 1.54) is 4.57 Å². The number of nitrogen functional groups attached to an aromatic ring is 1. The SMILES string of the molecule is C=CCCC(O)CN(C)c1c(N)n(CC)c(=O)[nH]c1=O. The predicted octanol–water partition coefficient (Wildman–Crippen LogP) is -0.0980. The summed E-state index contributed by atoms with van der Waals surface area (Å²) in [6.45, 7) is 5.97. The van der Waals surface area contributed by atoms with E-state index < -0.39 is 17.4 Å². The molecule has 0 fully saturated rings. The van der Waals surface area contributed by atoms with Crippen LogP contribution in [0.1, 0.15) is 19.8 Å². The number of nitrogens with one attached hydrogen (secondary N) is 1. The zero-order valence-corrected chi connectivity index (χ0v) is 11.9. The molecular formula is C13H22N4O3. The van der Waals surface area contributed by atoms with Gasteiger partial charge in [0, 0.05) is 20.1 Å². The molecule has 0 radical (unpaired) electrons. The third kappa shape index (κ3) is 3.51. The van der Waals surface area contributed by atoms with Crippen molar-refractivity contribution >= 4 is 11.5 Å². The van der Waals surface area contributed by atoms with Gasteiger partial charge in [0.1, 0.15) is 11.5 Å². The molecule has 0 bridgehead atoms. The summed E-state index contributed by atoms with van der Waals surface area (Å²) in [7, 11) is 1.66. The Balaban J connectivity index is 3.04. The van der Waals surface area contributed by atoms with Crippen LogP contribution < -0.4 is 21.9 Å². The van der Waals surface area contributed by atoms with Crippen molar-refractivity contribution in [3.63, 3.8) is 0 Å². The normalized spacial score (nSPS) is 12.2. The Bertz CT molecular complexity index is 576. The molecule has 0 saturated heterocycles. The molecule has 1 heterocycles. The van der Waals surface area contributed by atoms with E-state index in [-0.39, 0.29) is 18.1 Å². The second kappa shape index (κ2) is 6.95. The maximum Gasteiger partial charge on any atom is 0.330 e. The van der Waals surface area contributed by atoms with E-state index >= 15 is 0 Å². The van der Waals surface area contributed by atoms with E-state index in [2.05, 4.69) is 11.6 Å². The van der Waals surface area contributed by atoms with Gasteiger partial charge in [0.25, 0.3) is 5.56 Å². The van der Waals surface area contributed by atoms with Crippen molar-refractivity contribution in [2.75, 3.05) is 24.2 Å². The average Bonchev–Trinajstić information content (AvgIpc) is 2.36. The van der Waals surface area contributed by atoms with Crippen LogP contribution in [0.15, 0.2) is 22.2 Å². The van der Waals surface area contributed by atoms with Gasteiger partial charge in [-0.05, 0) is 19.8 Å². The van der Waals surface area contributed by atoms with Gasteiger partial charge in [0.15, 0.2) is 0 Å². The van der Waals surface area contributed by atoms with E-state index in [4.69, 9.17) is 5.73 Å². The second-order valence-electron chi connectivity index (χ2n) is 4.64. The van der Waals surface area contributed by atoms with Crippen molar-refractivity contribution in [3.8, 4) is 0 Å². The molecule has 0 aliphatic heterocycles. The lowest BCUT2D eigenvalue weighted by atomic mass is 10.2. The minimum Gasteiger partial charge on any atom is -0.391 e. The number of nitrogens with zero attached hydrogens (tertiary/aromatic N) is 2. The van der Waals surface area contributed by atoms with Crippen LogP contribution in [-0.2, 0) is 6.54 Å². The number of hydrogen-bond donors (Lipinski definition) is 3. The molecule has 7 nitrogen and oxygen atoms in total. The van der Waals surface area contributed by atoms with Gasteiger partial charge in [-0.3, -0.25) is 14.3 Å². The molecule has 1 aromatic rings. The maximum atomic E-state index is 11.9. The molecule has 0 saturated carbocycles. The standard InChI is InChI=1S/C13H22N4O3/c1-4-6-7-9(18)8-16(3)10-11(14)17(5-2)13(20)15-12(10)19/h4,9,18H,1,5-8,14H2,2-3H3,(H,15,19,20). The van der Waals surface area contributed by atoms with Crippen molar-refractivity contribution in [3.05, 3.63) is 33.5 Å². The molecule has 0 aliphatic carbocycles. The molecule has 0 aromatic carbocycles. The van der Waals surface area contributed by atoms with Gasteiger partial charge >= 0.3 is 5.69 Å².